The second-order valence-corrected chi connectivity index (χ2v) is 6.72. The highest BCUT2D eigenvalue weighted by Crippen LogP contribution is 2.34. The lowest BCUT2D eigenvalue weighted by molar-refractivity contribution is 0.303. The van der Waals surface area contributed by atoms with Crippen LogP contribution >= 0.6 is 11.6 Å². The highest BCUT2D eigenvalue weighted by molar-refractivity contribution is 6.31. The van der Waals surface area contributed by atoms with Crippen LogP contribution in [0.15, 0.2) is 24.3 Å². The van der Waals surface area contributed by atoms with Crippen molar-refractivity contribution in [3.05, 3.63) is 34.9 Å². The number of rotatable bonds is 4. The molecule has 0 bridgehead atoms. The lowest BCUT2D eigenvalue weighted by atomic mass is 9.92. The molecule has 110 valence electrons. The van der Waals surface area contributed by atoms with E-state index in [0.29, 0.717) is 12.1 Å². The maximum atomic E-state index is 6.32. The van der Waals surface area contributed by atoms with Gasteiger partial charge in [-0.2, -0.15) is 0 Å². The van der Waals surface area contributed by atoms with Crippen molar-refractivity contribution in [3.63, 3.8) is 0 Å². The zero-order chi connectivity index (χ0) is 13.9. The molecular weight excluding hydrogens is 268 g/mol. The van der Waals surface area contributed by atoms with Gasteiger partial charge in [0.1, 0.15) is 0 Å². The molecule has 1 aromatic carbocycles. The summed E-state index contributed by atoms with van der Waals surface area (Å²) in [5.74, 6) is 0.794. The SMILES string of the molecule is C[C@H](NC1CCCC1C1CCCN1)c1ccccc1Cl. The Bertz CT molecular complexity index is 442. The van der Waals surface area contributed by atoms with Crippen molar-refractivity contribution in [2.75, 3.05) is 6.54 Å². The number of halogens is 1. The van der Waals surface area contributed by atoms with Crippen LogP contribution in [-0.2, 0) is 0 Å². The normalized spacial score (nSPS) is 31.6. The maximum Gasteiger partial charge on any atom is 0.0453 e. The van der Waals surface area contributed by atoms with Crippen LogP contribution < -0.4 is 10.6 Å². The van der Waals surface area contributed by atoms with Crippen LogP contribution in [0.25, 0.3) is 0 Å². The highest BCUT2D eigenvalue weighted by Gasteiger charge is 2.35. The summed E-state index contributed by atoms with van der Waals surface area (Å²) in [6, 6.07) is 9.89. The Morgan fingerprint density at radius 2 is 2.05 bits per heavy atom. The van der Waals surface area contributed by atoms with E-state index in [2.05, 4.69) is 29.7 Å². The van der Waals surface area contributed by atoms with Crippen molar-refractivity contribution in [3.8, 4) is 0 Å². The average Bonchev–Trinajstić information content (AvgIpc) is 3.09. The van der Waals surface area contributed by atoms with Gasteiger partial charge < -0.3 is 10.6 Å². The second-order valence-electron chi connectivity index (χ2n) is 6.31. The third kappa shape index (κ3) is 3.03. The molecule has 2 nitrogen and oxygen atoms in total. The predicted octanol–water partition coefficient (Wildman–Crippen LogP) is 3.91. The third-order valence-electron chi connectivity index (χ3n) is 5.02. The summed E-state index contributed by atoms with van der Waals surface area (Å²) in [5.41, 5.74) is 1.22. The number of hydrogen-bond acceptors (Lipinski definition) is 2. The van der Waals surface area contributed by atoms with E-state index in [4.69, 9.17) is 11.6 Å². The molecule has 0 aromatic heterocycles. The molecule has 3 heteroatoms. The smallest absolute Gasteiger partial charge is 0.0453 e. The number of nitrogens with one attached hydrogen (secondary N) is 2. The molecule has 2 aliphatic rings. The van der Waals surface area contributed by atoms with Crippen LogP contribution in [-0.4, -0.2) is 18.6 Å². The van der Waals surface area contributed by atoms with E-state index in [1.165, 1.54) is 44.2 Å². The molecule has 0 amide bonds. The van der Waals surface area contributed by atoms with Gasteiger partial charge in [-0.3, -0.25) is 0 Å². The lowest BCUT2D eigenvalue weighted by Gasteiger charge is -2.29. The highest BCUT2D eigenvalue weighted by atomic mass is 35.5. The molecule has 1 aliphatic heterocycles. The fourth-order valence-corrected chi connectivity index (χ4v) is 4.29. The minimum atomic E-state index is 0.329. The summed E-state index contributed by atoms with van der Waals surface area (Å²) in [6.45, 7) is 3.44. The Hall–Kier alpha value is -0.570. The summed E-state index contributed by atoms with van der Waals surface area (Å²) >= 11 is 6.32. The molecule has 0 spiro atoms. The van der Waals surface area contributed by atoms with Crippen LogP contribution in [0.1, 0.15) is 50.6 Å². The van der Waals surface area contributed by atoms with E-state index in [0.717, 1.165) is 17.0 Å². The van der Waals surface area contributed by atoms with Gasteiger partial charge in [0.2, 0.25) is 0 Å². The summed E-state index contributed by atoms with van der Waals surface area (Å²) in [7, 11) is 0. The van der Waals surface area contributed by atoms with Gasteiger partial charge >= 0.3 is 0 Å². The van der Waals surface area contributed by atoms with Crippen molar-refractivity contribution in [1.82, 2.24) is 10.6 Å². The maximum absolute atomic E-state index is 6.32. The molecule has 1 saturated carbocycles. The Labute approximate surface area is 127 Å². The molecular formula is C17H25ClN2. The van der Waals surface area contributed by atoms with Gasteiger partial charge in [0.15, 0.2) is 0 Å². The zero-order valence-corrected chi connectivity index (χ0v) is 13.0. The largest absolute Gasteiger partial charge is 0.314 e. The lowest BCUT2D eigenvalue weighted by Crippen LogP contribution is -2.42. The van der Waals surface area contributed by atoms with Gasteiger partial charge in [0.05, 0.1) is 0 Å². The van der Waals surface area contributed by atoms with E-state index in [-0.39, 0.29) is 0 Å². The molecule has 20 heavy (non-hydrogen) atoms. The van der Waals surface area contributed by atoms with Crippen molar-refractivity contribution in [2.45, 2.75) is 57.2 Å². The number of benzene rings is 1. The Kier molecular flexibility index (Phi) is 4.65. The van der Waals surface area contributed by atoms with Gasteiger partial charge in [-0.15, -0.1) is 0 Å². The van der Waals surface area contributed by atoms with E-state index in [9.17, 15) is 0 Å². The van der Waals surface area contributed by atoms with E-state index < -0.39 is 0 Å². The first-order chi connectivity index (χ1) is 9.75. The molecule has 1 aliphatic carbocycles. The van der Waals surface area contributed by atoms with Gasteiger partial charge in [0.25, 0.3) is 0 Å². The van der Waals surface area contributed by atoms with E-state index >= 15 is 0 Å². The minimum absolute atomic E-state index is 0.329. The van der Waals surface area contributed by atoms with Crippen LogP contribution in [0.3, 0.4) is 0 Å². The topological polar surface area (TPSA) is 24.1 Å². The predicted molar refractivity (Wildman–Crippen MR) is 85.2 cm³/mol. The van der Waals surface area contributed by atoms with Crippen molar-refractivity contribution >= 4 is 11.6 Å². The van der Waals surface area contributed by atoms with Crippen molar-refractivity contribution in [1.29, 1.82) is 0 Å². The van der Waals surface area contributed by atoms with Gasteiger partial charge in [-0.1, -0.05) is 36.2 Å². The molecule has 1 saturated heterocycles. The first-order valence-corrected chi connectivity index (χ1v) is 8.37. The average molecular weight is 293 g/mol. The number of hydrogen-bond donors (Lipinski definition) is 2. The van der Waals surface area contributed by atoms with Crippen LogP contribution in [0.2, 0.25) is 5.02 Å². The Balaban J connectivity index is 1.65. The fourth-order valence-electron chi connectivity index (χ4n) is 3.99. The van der Waals surface area contributed by atoms with Crippen molar-refractivity contribution < 1.29 is 0 Å². The molecule has 2 fully saturated rings. The minimum Gasteiger partial charge on any atom is -0.314 e. The van der Waals surface area contributed by atoms with E-state index in [1.807, 2.05) is 12.1 Å². The van der Waals surface area contributed by atoms with Crippen molar-refractivity contribution in [2.24, 2.45) is 5.92 Å². The van der Waals surface area contributed by atoms with Crippen LogP contribution in [0.5, 0.6) is 0 Å². The van der Waals surface area contributed by atoms with Gasteiger partial charge in [-0.25, -0.2) is 0 Å². The Morgan fingerprint density at radius 1 is 1.20 bits per heavy atom. The quantitative estimate of drug-likeness (QED) is 0.879. The standard InChI is InChI=1S/C17H25ClN2/c1-12(13-6-2-3-8-15(13)18)20-17-9-4-7-14(17)16-10-5-11-19-16/h2-3,6,8,12,14,16-17,19-20H,4-5,7,9-11H2,1H3/t12-,14?,16?,17?/m0/s1. The molecule has 3 rings (SSSR count). The molecule has 4 atom stereocenters. The summed E-state index contributed by atoms with van der Waals surface area (Å²) < 4.78 is 0. The molecule has 3 unspecified atom stereocenters. The summed E-state index contributed by atoms with van der Waals surface area (Å²) in [4.78, 5) is 0. The summed E-state index contributed by atoms with van der Waals surface area (Å²) in [5, 5.41) is 8.40. The van der Waals surface area contributed by atoms with Gasteiger partial charge in [0, 0.05) is 23.1 Å². The third-order valence-corrected chi connectivity index (χ3v) is 5.36. The Morgan fingerprint density at radius 3 is 2.80 bits per heavy atom. The molecule has 2 N–H and O–H groups in total. The molecule has 1 aromatic rings. The first kappa shape index (κ1) is 14.4. The monoisotopic (exact) mass is 292 g/mol. The second kappa shape index (κ2) is 6.46. The van der Waals surface area contributed by atoms with Crippen LogP contribution in [0.4, 0.5) is 0 Å². The van der Waals surface area contributed by atoms with E-state index in [1.54, 1.807) is 0 Å². The fraction of sp³-hybridized carbons (Fsp3) is 0.647. The zero-order valence-electron chi connectivity index (χ0n) is 12.2. The van der Waals surface area contributed by atoms with Crippen LogP contribution in [0, 0.1) is 5.92 Å². The molecule has 0 radical (unpaired) electrons. The first-order valence-electron chi connectivity index (χ1n) is 7.99. The summed E-state index contributed by atoms with van der Waals surface area (Å²) in [6.07, 6.45) is 6.72. The van der Waals surface area contributed by atoms with Gasteiger partial charge in [-0.05, 0) is 56.7 Å². The molecule has 1 heterocycles.